The quantitative estimate of drug-likeness (QED) is 0.111. The van der Waals surface area contributed by atoms with Crippen molar-refractivity contribution in [2.45, 2.75) is 20.7 Å². The molecule has 636 valence electrons. The van der Waals surface area contributed by atoms with Gasteiger partial charge in [-0.2, -0.15) is 0 Å². The predicted molar refractivity (Wildman–Crippen MR) is 504 cm³/mol. The molecule has 0 aliphatic heterocycles. The third-order valence-electron chi connectivity index (χ3n) is 17.5. The minimum Gasteiger partial charge on any atom is -0.305 e. The largest absolute Gasteiger partial charge is 0.305 e. The zero-order valence-electron chi connectivity index (χ0n) is 90.2. The average molecular weight is 2390 g/mol. The van der Waals surface area contributed by atoms with E-state index in [2.05, 4.69) is 125 Å². The molecule has 0 spiro atoms. The summed E-state index contributed by atoms with van der Waals surface area (Å²) < 4.78 is 183. The van der Waals surface area contributed by atoms with Crippen LogP contribution in [0.5, 0.6) is 0 Å². The van der Waals surface area contributed by atoms with Gasteiger partial charge in [-0.05, 0) is 153 Å². The molecule has 0 amide bonds. The Labute approximate surface area is 836 Å². The predicted octanol–water partition coefficient (Wildman–Crippen LogP) is 28.1. The monoisotopic (exact) mass is 2390 g/mol. The van der Waals surface area contributed by atoms with E-state index in [-0.39, 0.29) is 137 Å². The second-order valence-electron chi connectivity index (χ2n) is 26.1. The molecular weight excluding hydrogens is 2280 g/mol. The summed E-state index contributed by atoms with van der Waals surface area (Å²) in [4.78, 5) is 33.8. The van der Waals surface area contributed by atoms with Crippen LogP contribution in [0, 0.1) is 75.0 Å². The van der Waals surface area contributed by atoms with Gasteiger partial charge in [0.2, 0.25) is 0 Å². The molecule has 13 heteroatoms. The molecule has 0 N–H and O–H groups in total. The fraction of sp³-hybridized carbons (Fsp3) is 0.0261. The molecule has 20 rings (SSSR count). The Bertz CT molecular complexity index is 7440. The number of aromatic nitrogens is 8. The number of rotatable bonds is 12. The van der Waals surface area contributed by atoms with Gasteiger partial charge in [-0.25, -0.2) is 4.39 Å². The van der Waals surface area contributed by atoms with Crippen LogP contribution < -0.4 is 0 Å². The molecule has 0 saturated carbocycles. The van der Waals surface area contributed by atoms with Crippen LogP contribution in [0.25, 0.3) is 135 Å². The van der Waals surface area contributed by atoms with Crippen molar-refractivity contribution in [2.75, 3.05) is 0 Å². The molecule has 8 aromatic heterocycles. The molecule has 0 saturated heterocycles. The molecule has 0 atom stereocenters. The maximum absolute atomic E-state index is 12.9. The second kappa shape index (κ2) is 54.3. The van der Waals surface area contributed by atoms with Gasteiger partial charge in [-0.15, -0.1) is 287 Å². The van der Waals surface area contributed by atoms with Crippen molar-refractivity contribution in [3.63, 3.8) is 0 Å². The summed E-state index contributed by atoms with van der Waals surface area (Å²) in [6.07, 6.45) is 6.39. The molecule has 8 nitrogen and oxygen atoms in total. The van der Waals surface area contributed by atoms with Crippen molar-refractivity contribution in [3.8, 4) is 135 Å². The Morgan fingerprint density at radius 1 is 0.266 bits per heavy atom. The number of hydrogen-bond donors (Lipinski definition) is 0. The summed E-state index contributed by atoms with van der Waals surface area (Å²) in [6.45, 7) is 1.25. The third kappa shape index (κ3) is 31.2. The first kappa shape index (κ1) is 70.5. The molecule has 0 bridgehead atoms. The van der Waals surface area contributed by atoms with Crippen LogP contribution in [0.4, 0.5) is 4.39 Å². The van der Waals surface area contributed by atoms with Crippen LogP contribution >= 0.6 is 0 Å². The van der Waals surface area contributed by atoms with Crippen LogP contribution in [0.15, 0.2) is 461 Å². The maximum Gasteiger partial charge on any atom is 0.123 e. The van der Waals surface area contributed by atoms with E-state index in [1.54, 1.807) is 42.7 Å². The van der Waals surface area contributed by atoms with E-state index in [9.17, 15) is 4.39 Å². The second-order valence-corrected chi connectivity index (χ2v) is 26.1. The van der Waals surface area contributed by atoms with Gasteiger partial charge >= 0.3 is 0 Å². The summed E-state index contributed by atoms with van der Waals surface area (Å²) in [5.74, 6) is -0.229. The number of hydrogen-bond acceptors (Lipinski definition) is 8. The molecule has 0 unspecified atom stereocenters. The summed E-state index contributed by atoms with van der Waals surface area (Å²) in [6, 6.07) is 118. The van der Waals surface area contributed by atoms with Gasteiger partial charge in [0.1, 0.15) is 5.82 Å². The van der Waals surface area contributed by atoms with Crippen molar-refractivity contribution in [2.24, 2.45) is 0 Å². The smallest absolute Gasteiger partial charge is 0.123 e. The first-order valence-electron chi connectivity index (χ1n) is 49.6. The standard InChI is InChI=1S/C18H14N.C17H11FN.2C17H12N.2C12H10N.2C11H8N.4Ir/c1-14-12-18(16-10-6-3-7-11-16)19-13-17(14)15-8-4-2-5-9-15;18-16-9-6-13(7-10-16)15-8-11-17(19-12-15)14-4-2-1-3-5-14;2*1-3-7-14(8-4-1)16-11-12-17(18-13-16)15-9-5-2-6-10-15;2*1-10-6-5-9-12(13-10)11-7-3-2-4-8-11;2*1-2-6-10(7-3-1)11-8-4-5-9-12-11;;;;/h2-10,12-13H,1H3;1-4,6-12H;2*1-9,11-13H;2*2-7,9H,1H3;2*1-6,8-9H;;;;/q8*-1;;;;/i2D,3D,4D,5D,6D,7D,8D,9D,10D,12D,13D;;;;1D3;;1D,2D,3D,4D,5D,6D,8D,9D;;;;;. The maximum atomic E-state index is 12.9. The fourth-order valence-corrected chi connectivity index (χ4v) is 11.5. The number of benzene rings is 12. The van der Waals surface area contributed by atoms with Gasteiger partial charge < -0.3 is 39.9 Å². The van der Waals surface area contributed by atoms with Gasteiger partial charge in [0.05, 0.1) is 15.1 Å². The minimum atomic E-state index is -2.16. The summed E-state index contributed by atoms with van der Waals surface area (Å²) in [7, 11) is 0. The normalized spacial score (nSPS) is 12.3. The Morgan fingerprint density at radius 2 is 0.641 bits per heavy atom. The summed E-state index contributed by atoms with van der Waals surface area (Å²) in [5.41, 5.74) is 17.9. The Balaban J connectivity index is 0.000000192. The number of nitrogens with zero attached hydrogens (tertiary/aromatic N) is 8. The Morgan fingerprint density at radius 3 is 1.05 bits per heavy atom. The van der Waals surface area contributed by atoms with Gasteiger partial charge in [0.15, 0.2) is 0 Å². The van der Waals surface area contributed by atoms with Gasteiger partial charge in [-0.3, -0.25) is 0 Å². The summed E-state index contributed by atoms with van der Waals surface area (Å²) >= 11 is 0. The van der Waals surface area contributed by atoms with E-state index in [1.165, 1.54) is 36.2 Å². The molecule has 8 heterocycles. The van der Waals surface area contributed by atoms with Crippen molar-refractivity contribution in [1.29, 1.82) is 0 Å². The SMILES string of the molecule is Cc1cccc(-c2[c-]cccc2)n1.Fc1ccc(-c2ccc(-c3[c-]cccc3)nc2)cc1.[2H]C([2H])([2H])c1cccc(-c2[c-]cccc2)n1.[2H]c1[c-]c(-c2nc([2H])c(-c3c([2H])c([2H])c([2H])c([2H])c3[2H])c(C)c2[2H])c([2H])c([2H])c1[2H].[2H]c1[c-]c(-c2nc([2H])c([2H])c([2H])c2[2H])c([2H])c([2H])c1[2H].[Ir].[Ir].[Ir].[Ir].[c-]1ccccc1-c1ccc(-c2ccccc2)cn1.[c-]1ccccc1-c1ccc(-c2ccccc2)cn1.[c-]1ccccc1-c1ccccn1. The topological polar surface area (TPSA) is 103 Å². The van der Waals surface area contributed by atoms with Crippen LogP contribution in [-0.4, -0.2) is 39.9 Å². The zero-order valence-corrected chi connectivity index (χ0v) is 77.8. The third-order valence-corrected chi connectivity index (χ3v) is 17.5. The van der Waals surface area contributed by atoms with Crippen LogP contribution in [0.1, 0.15) is 47.1 Å². The van der Waals surface area contributed by atoms with Crippen molar-refractivity contribution in [1.82, 2.24) is 39.9 Å². The van der Waals surface area contributed by atoms with Gasteiger partial charge in [-0.1, -0.05) is 194 Å². The average Bonchev–Trinajstić information content (AvgIpc) is 0.740. The van der Waals surface area contributed by atoms with Gasteiger partial charge in [0.25, 0.3) is 0 Å². The molecule has 128 heavy (non-hydrogen) atoms. The van der Waals surface area contributed by atoms with Crippen LogP contribution in [0.2, 0.25) is 0 Å². The number of aryl methyl sites for hydroxylation is 2. The fourth-order valence-electron chi connectivity index (χ4n) is 11.5. The van der Waals surface area contributed by atoms with Crippen molar-refractivity contribution < 1.29 is 115 Å². The zero-order chi connectivity index (χ0) is 104. The van der Waals surface area contributed by atoms with Crippen molar-refractivity contribution >= 4 is 0 Å². The van der Waals surface area contributed by atoms with E-state index < -0.39 is 116 Å². The molecule has 0 aliphatic rings. The van der Waals surface area contributed by atoms with E-state index >= 15 is 0 Å². The molecule has 0 fully saturated rings. The molecule has 4 radical (unpaired) electrons. The first-order valence-corrected chi connectivity index (χ1v) is 38.6. The molecular formula is C115H85FIr4N8-8. The van der Waals surface area contributed by atoms with Crippen molar-refractivity contribution in [3.05, 3.63) is 533 Å². The molecule has 20 aromatic rings. The van der Waals surface area contributed by atoms with Crippen LogP contribution in [-0.2, 0) is 80.4 Å². The first-order chi connectivity index (χ1) is 70.2. The molecule has 12 aromatic carbocycles. The summed E-state index contributed by atoms with van der Waals surface area (Å²) in [5, 5.41) is 0. The van der Waals surface area contributed by atoms with E-state index in [4.69, 9.17) is 30.2 Å². The van der Waals surface area contributed by atoms with E-state index in [1.807, 2.05) is 256 Å². The number of halogens is 1. The number of pyridine rings is 8. The Kier molecular flexibility index (Phi) is 29.9. The molecule has 0 aliphatic carbocycles. The van der Waals surface area contributed by atoms with E-state index in [0.29, 0.717) is 5.69 Å². The van der Waals surface area contributed by atoms with Gasteiger partial charge in [0, 0.05) is 144 Å². The van der Waals surface area contributed by atoms with E-state index in [0.717, 1.165) is 89.8 Å². The Hall–Kier alpha value is -13.6. The minimum absolute atomic E-state index is 0. The van der Waals surface area contributed by atoms with Crippen LogP contribution in [0.3, 0.4) is 0 Å².